The van der Waals surface area contributed by atoms with Gasteiger partial charge in [0.15, 0.2) is 0 Å². The Bertz CT molecular complexity index is 428. The van der Waals surface area contributed by atoms with Gasteiger partial charge in [-0.05, 0) is 45.0 Å². The Balaban J connectivity index is 2.02. The van der Waals surface area contributed by atoms with Crippen LogP contribution in [0.5, 0.6) is 5.75 Å². The number of amides is 1. The van der Waals surface area contributed by atoms with Gasteiger partial charge in [0.1, 0.15) is 5.75 Å². The molecule has 1 aliphatic rings. The Morgan fingerprint density at radius 1 is 1.37 bits per heavy atom. The van der Waals surface area contributed by atoms with Gasteiger partial charge in [-0.3, -0.25) is 4.79 Å². The first-order chi connectivity index (χ1) is 9.06. The third-order valence-electron chi connectivity index (χ3n) is 3.13. The highest BCUT2D eigenvalue weighted by atomic mass is 16.5. The predicted octanol–water partition coefficient (Wildman–Crippen LogP) is 1.91. The van der Waals surface area contributed by atoms with Crippen molar-refractivity contribution in [3.63, 3.8) is 0 Å². The summed E-state index contributed by atoms with van der Waals surface area (Å²) in [5, 5.41) is 3.34. The molecule has 0 spiro atoms. The number of nitrogens with zero attached hydrogens (tertiary/aromatic N) is 1. The summed E-state index contributed by atoms with van der Waals surface area (Å²) in [5.41, 5.74) is 0.727. The van der Waals surface area contributed by atoms with E-state index >= 15 is 0 Å². The molecular weight excluding hydrogens is 240 g/mol. The quantitative estimate of drug-likeness (QED) is 0.904. The van der Waals surface area contributed by atoms with Crippen LogP contribution in [0.4, 0.5) is 0 Å². The van der Waals surface area contributed by atoms with Gasteiger partial charge in [-0.1, -0.05) is 0 Å². The largest absolute Gasteiger partial charge is 0.491 e. The van der Waals surface area contributed by atoms with Gasteiger partial charge < -0.3 is 15.0 Å². The lowest BCUT2D eigenvalue weighted by Crippen LogP contribution is -2.51. The third-order valence-corrected chi connectivity index (χ3v) is 3.13. The van der Waals surface area contributed by atoms with Gasteiger partial charge in [-0.2, -0.15) is 0 Å². The van der Waals surface area contributed by atoms with E-state index in [1.807, 2.05) is 43.0 Å². The van der Waals surface area contributed by atoms with Gasteiger partial charge in [-0.15, -0.1) is 0 Å². The Kier molecular flexibility index (Phi) is 4.43. The summed E-state index contributed by atoms with van der Waals surface area (Å²) in [6, 6.07) is 7.76. The minimum Gasteiger partial charge on any atom is -0.491 e. The second-order valence-corrected chi connectivity index (χ2v) is 5.30. The Hall–Kier alpha value is -1.55. The zero-order chi connectivity index (χ0) is 13.8. The van der Waals surface area contributed by atoms with E-state index in [-0.39, 0.29) is 12.0 Å². The molecule has 1 unspecified atom stereocenters. The van der Waals surface area contributed by atoms with Crippen molar-refractivity contribution in [1.29, 1.82) is 0 Å². The van der Waals surface area contributed by atoms with Crippen LogP contribution in [0.3, 0.4) is 0 Å². The molecule has 4 nitrogen and oxygen atoms in total. The molecule has 1 aromatic rings. The molecule has 1 atom stereocenters. The summed E-state index contributed by atoms with van der Waals surface area (Å²) in [6.45, 7) is 8.47. The van der Waals surface area contributed by atoms with Crippen LogP contribution in [-0.4, -0.2) is 42.6 Å². The number of hydrogen-bond acceptors (Lipinski definition) is 3. The zero-order valence-electron chi connectivity index (χ0n) is 11.8. The van der Waals surface area contributed by atoms with Gasteiger partial charge >= 0.3 is 0 Å². The van der Waals surface area contributed by atoms with Crippen molar-refractivity contribution in [2.75, 3.05) is 19.6 Å². The molecule has 4 heteroatoms. The van der Waals surface area contributed by atoms with Crippen molar-refractivity contribution < 1.29 is 9.53 Å². The number of piperazine rings is 1. The average Bonchev–Trinajstić information content (AvgIpc) is 2.38. The minimum absolute atomic E-state index is 0.101. The molecule has 1 fully saturated rings. The maximum atomic E-state index is 12.3. The smallest absolute Gasteiger partial charge is 0.253 e. The first-order valence-corrected chi connectivity index (χ1v) is 6.85. The number of carbonyl (C=O) groups is 1. The fourth-order valence-corrected chi connectivity index (χ4v) is 2.25. The fourth-order valence-electron chi connectivity index (χ4n) is 2.25. The summed E-state index contributed by atoms with van der Waals surface area (Å²) in [4.78, 5) is 14.2. The molecule has 1 saturated heterocycles. The molecule has 0 bridgehead atoms. The molecule has 1 heterocycles. The summed E-state index contributed by atoms with van der Waals surface area (Å²) < 4.78 is 5.58. The highest BCUT2D eigenvalue weighted by molar-refractivity contribution is 5.94. The van der Waals surface area contributed by atoms with Crippen molar-refractivity contribution in [2.24, 2.45) is 0 Å². The van der Waals surface area contributed by atoms with E-state index in [1.165, 1.54) is 0 Å². The van der Waals surface area contributed by atoms with E-state index in [0.29, 0.717) is 6.04 Å². The molecule has 2 rings (SSSR count). The molecular formula is C15H22N2O2. The van der Waals surface area contributed by atoms with Gasteiger partial charge in [0.05, 0.1) is 6.10 Å². The lowest BCUT2D eigenvalue weighted by Gasteiger charge is -2.32. The van der Waals surface area contributed by atoms with Gasteiger partial charge in [0.2, 0.25) is 0 Å². The van der Waals surface area contributed by atoms with Crippen LogP contribution in [-0.2, 0) is 0 Å². The first kappa shape index (κ1) is 13.9. The molecule has 1 aliphatic heterocycles. The van der Waals surface area contributed by atoms with Crippen molar-refractivity contribution in [1.82, 2.24) is 10.2 Å². The van der Waals surface area contributed by atoms with E-state index in [2.05, 4.69) is 12.2 Å². The van der Waals surface area contributed by atoms with Crippen LogP contribution in [0.1, 0.15) is 31.1 Å². The Morgan fingerprint density at radius 2 is 2.05 bits per heavy atom. The first-order valence-electron chi connectivity index (χ1n) is 6.85. The standard InChI is InChI=1S/C15H22N2O2/c1-11(2)19-14-6-4-13(5-7-14)15(18)17-9-8-16-12(3)10-17/h4-7,11-12,16H,8-10H2,1-3H3. The van der Waals surface area contributed by atoms with Gasteiger partial charge in [-0.25, -0.2) is 0 Å². The van der Waals surface area contributed by atoms with Gasteiger partial charge in [0.25, 0.3) is 5.91 Å². The van der Waals surface area contributed by atoms with Crippen LogP contribution in [0, 0.1) is 0 Å². The summed E-state index contributed by atoms with van der Waals surface area (Å²) in [5.74, 6) is 0.907. The fraction of sp³-hybridized carbons (Fsp3) is 0.533. The molecule has 0 saturated carbocycles. The van der Waals surface area contributed by atoms with Crippen molar-refractivity contribution in [3.05, 3.63) is 29.8 Å². The monoisotopic (exact) mass is 262 g/mol. The molecule has 1 N–H and O–H groups in total. The molecule has 0 aromatic heterocycles. The van der Waals surface area contributed by atoms with Crippen molar-refractivity contribution in [3.8, 4) is 5.75 Å². The lowest BCUT2D eigenvalue weighted by molar-refractivity contribution is 0.0709. The van der Waals surface area contributed by atoms with E-state index in [9.17, 15) is 4.79 Å². The van der Waals surface area contributed by atoms with Crippen LogP contribution in [0.2, 0.25) is 0 Å². The lowest BCUT2D eigenvalue weighted by atomic mass is 10.1. The molecule has 1 aromatic carbocycles. The molecule has 104 valence electrons. The average molecular weight is 262 g/mol. The Morgan fingerprint density at radius 3 is 2.63 bits per heavy atom. The van der Waals surface area contributed by atoms with E-state index in [4.69, 9.17) is 4.74 Å². The van der Waals surface area contributed by atoms with Crippen molar-refractivity contribution >= 4 is 5.91 Å². The number of benzene rings is 1. The summed E-state index contributed by atoms with van der Waals surface area (Å²) in [6.07, 6.45) is 0.149. The molecule has 1 amide bonds. The summed E-state index contributed by atoms with van der Waals surface area (Å²) >= 11 is 0. The van der Waals surface area contributed by atoms with Crippen LogP contribution < -0.4 is 10.1 Å². The van der Waals surface area contributed by atoms with E-state index < -0.39 is 0 Å². The maximum Gasteiger partial charge on any atom is 0.253 e. The normalized spacial score (nSPS) is 19.6. The number of ether oxygens (including phenoxy) is 1. The highest BCUT2D eigenvalue weighted by Crippen LogP contribution is 2.15. The second-order valence-electron chi connectivity index (χ2n) is 5.30. The number of hydrogen-bond donors (Lipinski definition) is 1. The van der Waals surface area contributed by atoms with Crippen molar-refractivity contribution in [2.45, 2.75) is 32.9 Å². The predicted molar refractivity (Wildman–Crippen MR) is 75.6 cm³/mol. The SMILES string of the molecule is CC1CN(C(=O)c2ccc(OC(C)C)cc2)CCN1. The molecule has 0 aliphatic carbocycles. The number of carbonyl (C=O) groups excluding carboxylic acids is 1. The maximum absolute atomic E-state index is 12.3. The third kappa shape index (κ3) is 3.70. The number of rotatable bonds is 3. The van der Waals surface area contributed by atoms with Crippen LogP contribution in [0.25, 0.3) is 0 Å². The number of nitrogens with one attached hydrogen (secondary N) is 1. The van der Waals surface area contributed by atoms with E-state index in [1.54, 1.807) is 0 Å². The topological polar surface area (TPSA) is 41.6 Å². The molecule has 19 heavy (non-hydrogen) atoms. The van der Waals surface area contributed by atoms with Crippen LogP contribution >= 0.6 is 0 Å². The Labute approximate surface area is 114 Å². The minimum atomic E-state index is 0.101. The van der Waals surface area contributed by atoms with Crippen LogP contribution in [0.15, 0.2) is 24.3 Å². The highest BCUT2D eigenvalue weighted by Gasteiger charge is 2.21. The molecule has 0 radical (unpaired) electrons. The van der Waals surface area contributed by atoms with E-state index in [0.717, 1.165) is 30.9 Å². The second kappa shape index (κ2) is 6.06. The van der Waals surface area contributed by atoms with Gasteiger partial charge in [0, 0.05) is 31.2 Å². The zero-order valence-corrected chi connectivity index (χ0v) is 11.8. The summed E-state index contributed by atoms with van der Waals surface area (Å²) in [7, 11) is 0.